The molecule has 2 heterocycles. The second-order valence-electron chi connectivity index (χ2n) is 7.70. The molecule has 0 aliphatic carbocycles. The Bertz CT molecular complexity index is 773. The SMILES string of the molecule is COc1ccc(N2C[C@H](C(=O)OCC(=O)N3CCCCCCC3)CC2=O)c(OC)c1. The molecule has 2 aliphatic rings. The largest absolute Gasteiger partial charge is 0.497 e. The van der Waals surface area contributed by atoms with Gasteiger partial charge in [0.15, 0.2) is 6.61 Å². The molecule has 0 N–H and O–H groups in total. The lowest BCUT2D eigenvalue weighted by molar-refractivity contribution is -0.155. The Kier molecular flexibility index (Phi) is 7.54. The topological polar surface area (TPSA) is 85.4 Å². The number of esters is 1. The van der Waals surface area contributed by atoms with Crippen LogP contribution in [0.2, 0.25) is 0 Å². The Morgan fingerprint density at radius 2 is 1.73 bits per heavy atom. The zero-order chi connectivity index (χ0) is 21.5. The van der Waals surface area contributed by atoms with Crippen LogP contribution in [0.3, 0.4) is 0 Å². The summed E-state index contributed by atoms with van der Waals surface area (Å²) in [5.41, 5.74) is 0.579. The third-order valence-corrected chi connectivity index (χ3v) is 5.68. The van der Waals surface area contributed by atoms with Gasteiger partial charge in [0, 0.05) is 32.1 Å². The molecule has 3 rings (SSSR count). The fourth-order valence-electron chi connectivity index (χ4n) is 3.95. The molecule has 164 valence electrons. The number of rotatable bonds is 6. The summed E-state index contributed by atoms with van der Waals surface area (Å²) < 4.78 is 15.8. The molecule has 0 spiro atoms. The third-order valence-electron chi connectivity index (χ3n) is 5.68. The van der Waals surface area contributed by atoms with E-state index >= 15 is 0 Å². The van der Waals surface area contributed by atoms with Crippen molar-refractivity contribution in [3.63, 3.8) is 0 Å². The first-order chi connectivity index (χ1) is 14.5. The van der Waals surface area contributed by atoms with Gasteiger partial charge in [-0.3, -0.25) is 14.4 Å². The average molecular weight is 418 g/mol. The number of likely N-dealkylation sites (tertiary alicyclic amines) is 1. The predicted molar refractivity (Wildman–Crippen MR) is 111 cm³/mol. The summed E-state index contributed by atoms with van der Waals surface area (Å²) in [5, 5.41) is 0. The van der Waals surface area contributed by atoms with Gasteiger partial charge in [-0.1, -0.05) is 19.3 Å². The summed E-state index contributed by atoms with van der Waals surface area (Å²) in [4.78, 5) is 40.8. The van der Waals surface area contributed by atoms with E-state index in [-0.39, 0.29) is 31.4 Å². The maximum Gasteiger partial charge on any atom is 0.311 e. The van der Waals surface area contributed by atoms with Crippen LogP contribution in [-0.2, 0) is 19.1 Å². The molecule has 2 amide bonds. The summed E-state index contributed by atoms with van der Waals surface area (Å²) >= 11 is 0. The lowest BCUT2D eigenvalue weighted by Crippen LogP contribution is -2.37. The lowest BCUT2D eigenvalue weighted by Gasteiger charge is -2.24. The van der Waals surface area contributed by atoms with Crippen molar-refractivity contribution in [3.05, 3.63) is 18.2 Å². The first-order valence-electron chi connectivity index (χ1n) is 10.5. The number of methoxy groups -OCH3 is 2. The van der Waals surface area contributed by atoms with Gasteiger partial charge in [0.05, 0.1) is 25.8 Å². The molecule has 2 saturated heterocycles. The number of nitrogens with zero attached hydrogens (tertiary/aromatic N) is 2. The van der Waals surface area contributed by atoms with Gasteiger partial charge in [-0.05, 0) is 25.0 Å². The lowest BCUT2D eigenvalue weighted by atomic mass is 10.1. The molecule has 0 aromatic heterocycles. The van der Waals surface area contributed by atoms with Gasteiger partial charge in [0.1, 0.15) is 11.5 Å². The summed E-state index contributed by atoms with van der Waals surface area (Å²) in [5.74, 6) is -0.369. The summed E-state index contributed by atoms with van der Waals surface area (Å²) in [6, 6.07) is 5.16. The van der Waals surface area contributed by atoms with Crippen molar-refractivity contribution in [2.45, 2.75) is 38.5 Å². The molecule has 2 aliphatic heterocycles. The molecule has 0 unspecified atom stereocenters. The average Bonchev–Trinajstić information content (AvgIpc) is 3.12. The number of carbonyl (C=O) groups is 3. The van der Waals surface area contributed by atoms with E-state index in [0.717, 1.165) is 25.7 Å². The van der Waals surface area contributed by atoms with Crippen LogP contribution in [0.4, 0.5) is 5.69 Å². The number of carbonyl (C=O) groups excluding carboxylic acids is 3. The van der Waals surface area contributed by atoms with Crippen LogP contribution in [-0.4, -0.2) is 63.1 Å². The van der Waals surface area contributed by atoms with Gasteiger partial charge in [-0.2, -0.15) is 0 Å². The van der Waals surface area contributed by atoms with Crippen LogP contribution in [0, 0.1) is 5.92 Å². The normalized spacial score (nSPS) is 19.8. The summed E-state index contributed by atoms with van der Waals surface area (Å²) in [6.45, 7) is 1.35. The highest BCUT2D eigenvalue weighted by molar-refractivity contribution is 6.00. The van der Waals surface area contributed by atoms with E-state index in [1.807, 2.05) is 0 Å². The van der Waals surface area contributed by atoms with E-state index in [0.29, 0.717) is 30.3 Å². The fraction of sp³-hybridized carbons (Fsp3) is 0.591. The highest BCUT2D eigenvalue weighted by Crippen LogP contribution is 2.36. The summed E-state index contributed by atoms with van der Waals surface area (Å²) in [7, 11) is 3.07. The van der Waals surface area contributed by atoms with Gasteiger partial charge in [-0.15, -0.1) is 0 Å². The number of amides is 2. The van der Waals surface area contributed by atoms with Gasteiger partial charge in [0.25, 0.3) is 5.91 Å². The van der Waals surface area contributed by atoms with Gasteiger partial charge in [-0.25, -0.2) is 0 Å². The maximum atomic E-state index is 12.5. The molecule has 1 aromatic carbocycles. The van der Waals surface area contributed by atoms with Crippen molar-refractivity contribution in [1.29, 1.82) is 0 Å². The van der Waals surface area contributed by atoms with Crippen molar-refractivity contribution >= 4 is 23.5 Å². The Morgan fingerprint density at radius 3 is 2.40 bits per heavy atom. The molecule has 0 bridgehead atoms. The maximum absolute atomic E-state index is 12.5. The van der Waals surface area contributed by atoms with Crippen molar-refractivity contribution in [1.82, 2.24) is 4.90 Å². The Labute approximate surface area is 177 Å². The first-order valence-corrected chi connectivity index (χ1v) is 10.5. The third kappa shape index (κ3) is 5.23. The van der Waals surface area contributed by atoms with Gasteiger partial charge in [0.2, 0.25) is 5.91 Å². The monoisotopic (exact) mass is 418 g/mol. The van der Waals surface area contributed by atoms with Crippen LogP contribution in [0.1, 0.15) is 38.5 Å². The number of hydrogen-bond donors (Lipinski definition) is 0. The van der Waals surface area contributed by atoms with Crippen molar-refractivity contribution in [3.8, 4) is 11.5 Å². The second-order valence-corrected chi connectivity index (χ2v) is 7.70. The number of anilines is 1. The van der Waals surface area contributed by atoms with E-state index in [1.54, 1.807) is 30.2 Å². The van der Waals surface area contributed by atoms with Gasteiger partial charge >= 0.3 is 5.97 Å². The fourth-order valence-corrected chi connectivity index (χ4v) is 3.95. The molecule has 1 aromatic rings. The van der Waals surface area contributed by atoms with Gasteiger partial charge < -0.3 is 24.0 Å². The molecule has 2 fully saturated rings. The second kappa shape index (κ2) is 10.3. The smallest absolute Gasteiger partial charge is 0.311 e. The minimum absolute atomic E-state index is 0.0475. The molecular weight excluding hydrogens is 388 g/mol. The zero-order valence-corrected chi connectivity index (χ0v) is 17.7. The van der Waals surface area contributed by atoms with E-state index in [4.69, 9.17) is 14.2 Å². The minimum atomic E-state index is -0.607. The minimum Gasteiger partial charge on any atom is -0.497 e. The molecular formula is C22H30N2O6. The highest BCUT2D eigenvalue weighted by Gasteiger charge is 2.37. The highest BCUT2D eigenvalue weighted by atomic mass is 16.5. The zero-order valence-electron chi connectivity index (χ0n) is 17.7. The van der Waals surface area contributed by atoms with Crippen molar-refractivity contribution < 1.29 is 28.6 Å². The number of hydrogen-bond acceptors (Lipinski definition) is 6. The Morgan fingerprint density at radius 1 is 1.03 bits per heavy atom. The predicted octanol–water partition coefficient (Wildman–Crippen LogP) is 2.39. The molecule has 0 radical (unpaired) electrons. The number of ether oxygens (including phenoxy) is 3. The Balaban J connectivity index is 1.56. The standard InChI is InChI=1S/C22H30N2O6/c1-28-17-8-9-18(19(13-17)29-2)24-14-16(12-20(24)25)22(27)30-15-21(26)23-10-6-4-3-5-7-11-23/h8-9,13,16H,3-7,10-12,14-15H2,1-2H3/t16-/m1/s1. The first kappa shape index (κ1) is 21.9. The van der Waals surface area contributed by atoms with Crippen LogP contribution in [0.15, 0.2) is 18.2 Å². The molecule has 1 atom stereocenters. The van der Waals surface area contributed by atoms with E-state index in [2.05, 4.69) is 0 Å². The van der Waals surface area contributed by atoms with Crippen LogP contribution in [0.5, 0.6) is 11.5 Å². The van der Waals surface area contributed by atoms with Crippen molar-refractivity contribution in [2.24, 2.45) is 5.92 Å². The molecule has 30 heavy (non-hydrogen) atoms. The molecule has 0 saturated carbocycles. The van der Waals surface area contributed by atoms with Crippen molar-refractivity contribution in [2.75, 3.05) is 45.4 Å². The van der Waals surface area contributed by atoms with E-state index in [1.165, 1.54) is 18.4 Å². The van der Waals surface area contributed by atoms with E-state index in [9.17, 15) is 14.4 Å². The van der Waals surface area contributed by atoms with Crippen LogP contribution < -0.4 is 14.4 Å². The summed E-state index contributed by atoms with van der Waals surface area (Å²) in [6.07, 6.45) is 5.47. The molecule has 8 heteroatoms. The van der Waals surface area contributed by atoms with Crippen LogP contribution >= 0.6 is 0 Å². The molecule has 8 nitrogen and oxygen atoms in total. The van der Waals surface area contributed by atoms with E-state index < -0.39 is 11.9 Å². The number of benzene rings is 1. The van der Waals surface area contributed by atoms with Crippen LogP contribution in [0.25, 0.3) is 0 Å². The quantitative estimate of drug-likeness (QED) is 0.660. The Hall–Kier alpha value is -2.77.